The molecule has 0 atom stereocenters. The summed E-state index contributed by atoms with van der Waals surface area (Å²) < 4.78 is 55.0. The second kappa shape index (κ2) is 9.97. The van der Waals surface area contributed by atoms with E-state index in [4.69, 9.17) is 14.4 Å². The molecule has 2 saturated carbocycles. The number of benzene rings is 2. The molecule has 1 N–H and O–H groups in total. The van der Waals surface area contributed by atoms with E-state index in [1.165, 1.54) is 12.1 Å². The third-order valence-corrected chi connectivity index (χ3v) is 6.90. The van der Waals surface area contributed by atoms with Gasteiger partial charge in [0.25, 0.3) is 0 Å². The second-order valence-corrected chi connectivity index (χ2v) is 9.40. The quantitative estimate of drug-likeness (QED) is 0.356. The van der Waals surface area contributed by atoms with Gasteiger partial charge in [0.1, 0.15) is 17.2 Å². The number of aromatic nitrogens is 1. The van der Waals surface area contributed by atoms with E-state index in [1.807, 2.05) is 12.1 Å². The van der Waals surface area contributed by atoms with Crippen LogP contribution >= 0.6 is 0 Å². The molecule has 2 aliphatic rings. The maximum atomic E-state index is 13.0. The maximum absolute atomic E-state index is 13.0. The third-order valence-electron chi connectivity index (χ3n) is 6.90. The number of carbonyl (C=O) groups is 1. The van der Waals surface area contributed by atoms with Crippen molar-refractivity contribution in [1.82, 2.24) is 5.16 Å². The van der Waals surface area contributed by atoms with Crippen LogP contribution in [0.1, 0.15) is 77.6 Å². The van der Waals surface area contributed by atoms with E-state index >= 15 is 0 Å². The standard InChI is InChI=1S/C27H26F3NO5/c28-27(29,30)35-23-4-2-1-3-21(23)24-22(25(36-31-24)18-7-8-18)15-34-20-13-11-17(12-14-20)16-5-9-19(10-6-16)26(32)33/h1-6,9-10,17-18,20H,7-8,11-15H2,(H,32,33). The van der Waals surface area contributed by atoms with E-state index < -0.39 is 12.3 Å². The number of aromatic carboxylic acids is 1. The molecule has 9 heteroatoms. The molecule has 5 rings (SSSR count). The van der Waals surface area contributed by atoms with Gasteiger partial charge in [-0.15, -0.1) is 13.2 Å². The van der Waals surface area contributed by atoms with Gasteiger partial charge in [0, 0.05) is 17.0 Å². The molecule has 36 heavy (non-hydrogen) atoms. The van der Waals surface area contributed by atoms with Crippen LogP contribution < -0.4 is 4.74 Å². The number of halogens is 3. The largest absolute Gasteiger partial charge is 0.573 e. The Labute approximate surface area is 206 Å². The lowest BCUT2D eigenvalue weighted by molar-refractivity contribution is -0.274. The molecule has 2 aromatic carbocycles. The molecule has 0 aliphatic heterocycles. The topological polar surface area (TPSA) is 81.8 Å². The Morgan fingerprint density at radius 1 is 0.972 bits per heavy atom. The molecule has 0 amide bonds. The van der Waals surface area contributed by atoms with Gasteiger partial charge < -0.3 is 19.1 Å². The fraction of sp³-hybridized carbons (Fsp3) is 0.407. The van der Waals surface area contributed by atoms with Crippen LogP contribution in [0.15, 0.2) is 53.1 Å². The average molecular weight is 502 g/mol. The first-order chi connectivity index (χ1) is 17.3. The molecule has 190 valence electrons. The van der Waals surface area contributed by atoms with Crippen LogP contribution in [0.4, 0.5) is 13.2 Å². The second-order valence-electron chi connectivity index (χ2n) is 9.40. The predicted molar refractivity (Wildman–Crippen MR) is 124 cm³/mol. The van der Waals surface area contributed by atoms with Crippen molar-refractivity contribution in [2.45, 2.75) is 69.4 Å². The zero-order valence-corrected chi connectivity index (χ0v) is 19.5. The number of nitrogens with zero attached hydrogens (tertiary/aromatic N) is 1. The molecule has 0 unspecified atom stereocenters. The lowest BCUT2D eigenvalue weighted by atomic mass is 9.82. The van der Waals surface area contributed by atoms with Gasteiger partial charge in [-0.05, 0) is 74.3 Å². The average Bonchev–Trinajstić information content (AvgIpc) is 3.62. The number of para-hydroxylation sites is 1. The highest BCUT2D eigenvalue weighted by Gasteiger charge is 2.36. The molecule has 1 heterocycles. The summed E-state index contributed by atoms with van der Waals surface area (Å²) in [5, 5.41) is 13.2. The van der Waals surface area contributed by atoms with E-state index in [0.717, 1.165) is 44.1 Å². The Hall–Kier alpha value is -3.33. The smallest absolute Gasteiger partial charge is 0.478 e. The third kappa shape index (κ3) is 5.56. The molecule has 2 fully saturated rings. The van der Waals surface area contributed by atoms with Crippen LogP contribution in [-0.2, 0) is 11.3 Å². The summed E-state index contributed by atoms with van der Waals surface area (Å²) in [6, 6.07) is 12.9. The first kappa shape index (κ1) is 24.4. The molecular weight excluding hydrogens is 475 g/mol. The number of carboxylic acid groups (broad SMARTS) is 1. The first-order valence-electron chi connectivity index (χ1n) is 12.1. The van der Waals surface area contributed by atoms with Gasteiger partial charge in [-0.3, -0.25) is 0 Å². The van der Waals surface area contributed by atoms with E-state index in [9.17, 15) is 18.0 Å². The summed E-state index contributed by atoms with van der Waals surface area (Å²) in [5.41, 5.74) is 2.62. The van der Waals surface area contributed by atoms with E-state index in [0.29, 0.717) is 22.9 Å². The lowest BCUT2D eigenvalue weighted by Gasteiger charge is -2.29. The predicted octanol–water partition coefficient (Wildman–Crippen LogP) is 7.06. The first-order valence-corrected chi connectivity index (χ1v) is 12.1. The van der Waals surface area contributed by atoms with Crippen LogP contribution in [-0.4, -0.2) is 28.7 Å². The molecule has 0 spiro atoms. The molecule has 3 aromatic rings. The van der Waals surface area contributed by atoms with Gasteiger partial charge in [0.05, 0.1) is 18.3 Å². The van der Waals surface area contributed by atoms with Crippen molar-refractivity contribution in [3.63, 3.8) is 0 Å². The van der Waals surface area contributed by atoms with Gasteiger partial charge in [-0.1, -0.05) is 29.4 Å². The molecule has 6 nitrogen and oxygen atoms in total. The number of rotatable bonds is 8. The Kier molecular flexibility index (Phi) is 6.75. The minimum Gasteiger partial charge on any atom is -0.478 e. The van der Waals surface area contributed by atoms with Crippen molar-refractivity contribution in [1.29, 1.82) is 0 Å². The Bertz CT molecular complexity index is 1210. The SMILES string of the molecule is O=C(O)c1ccc(C2CCC(OCc3c(-c4ccccc4OC(F)(F)F)noc3C3CC3)CC2)cc1. The highest BCUT2D eigenvalue weighted by Crippen LogP contribution is 2.46. The number of hydrogen-bond donors (Lipinski definition) is 1. The minimum absolute atomic E-state index is 0.0102. The monoisotopic (exact) mass is 501 g/mol. The van der Waals surface area contributed by atoms with Crippen molar-refractivity contribution >= 4 is 5.97 Å². The molecule has 0 saturated heterocycles. The normalized spacial score (nSPS) is 20.3. The molecular formula is C27H26F3NO5. The highest BCUT2D eigenvalue weighted by molar-refractivity contribution is 5.87. The summed E-state index contributed by atoms with van der Waals surface area (Å²) in [5.74, 6) is -0.0300. The Morgan fingerprint density at radius 2 is 1.64 bits per heavy atom. The van der Waals surface area contributed by atoms with E-state index in [-0.39, 0.29) is 35.5 Å². The van der Waals surface area contributed by atoms with Crippen LogP contribution in [0.5, 0.6) is 5.75 Å². The summed E-state index contributed by atoms with van der Waals surface area (Å²) in [6.45, 7) is 0.202. The van der Waals surface area contributed by atoms with Gasteiger partial charge >= 0.3 is 12.3 Å². The Morgan fingerprint density at radius 3 is 2.28 bits per heavy atom. The van der Waals surface area contributed by atoms with Gasteiger partial charge in [-0.25, -0.2) is 4.79 Å². The maximum Gasteiger partial charge on any atom is 0.573 e. The van der Waals surface area contributed by atoms with Gasteiger partial charge in [0.15, 0.2) is 0 Å². The van der Waals surface area contributed by atoms with Crippen LogP contribution in [0, 0.1) is 0 Å². The molecule has 1 aromatic heterocycles. The highest BCUT2D eigenvalue weighted by atomic mass is 19.4. The van der Waals surface area contributed by atoms with Crippen molar-refractivity contribution in [3.8, 4) is 17.0 Å². The minimum atomic E-state index is -4.82. The van der Waals surface area contributed by atoms with Crippen LogP contribution in [0.25, 0.3) is 11.3 Å². The number of carboxylic acids is 1. The number of hydrogen-bond acceptors (Lipinski definition) is 5. The van der Waals surface area contributed by atoms with Crippen LogP contribution in [0.3, 0.4) is 0 Å². The zero-order valence-electron chi connectivity index (χ0n) is 19.5. The van der Waals surface area contributed by atoms with Gasteiger partial charge in [0.2, 0.25) is 0 Å². The zero-order chi connectivity index (χ0) is 25.3. The van der Waals surface area contributed by atoms with Crippen LogP contribution in [0.2, 0.25) is 0 Å². The van der Waals surface area contributed by atoms with Gasteiger partial charge in [-0.2, -0.15) is 0 Å². The fourth-order valence-electron chi connectivity index (χ4n) is 4.88. The summed E-state index contributed by atoms with van der Waals surface area (Å²) in [6.07, 6.45) is 0.578. The number of ether oxygens (including phenoxy) is 2. The lowest BCUT2D eigenvalue weighted by Crippen LogP contribution is -2.21. The van der Waals surface area contributed by atoms with Crippen molar-refractivity contribution < 1.29 is 37.1 Å². The Balaban J connectivity index is 1.27. The fourth-order valence-corrected chi connectivity index (χ4v) is 4.88. The molecule has 0 bridgehead atoms. The molecule has 2 aliphatic carbocycles. The van der Waals surface area contributed by atoms with Crippen molar-refractivity contribution in [2.24, 2.45) is 0 Å². The number of alkyl halides is 3. The summed E-state index contributed by atoms with van der Waals surface area (Å²) in [4.78, 5) is 11.1. The van der Waals surface area contributed by atoms with Crippen molar-refractivity contribution in [3.05, 3.63) is 71.0 Å². The summed E-state index contributed by atoms with van der Waals surface area (Å²) in [7, 11) is 0. The van der Waals surface area contributed by atoms with E-state index in [1.54, 1.807) is 24.3 Å². The van der Waals surface area contributed by atoms with Crippen molar-refractivity contribution in [2.75, 3.05) is 0 Å². The molecule has 0 radical (unpaired) electrons. The summed E-state index contributed by atoms with van der Waals surface area (Å²) >= 11 is 0. The van der Waals surface area contributed by atoms with E-state index in [2.05, 4.69) is 9.89 Å².